The summed E-state index contributed by atoms with van der Waals surface area (Å²) in [5.74, 6) is 1.08. The highest BCUT2D eigenvalue weighted by molar-refractivity contribution is 7.99. The molecule has 2 aliphatic heterocycles. The number of piperazine rings is 1. The van der Waals surface area contributed by atoms with Gasteiger partial charge in [-0.2, -0.15) is 0 Å². The average molecular weight is 397 g/mol. The molecule has 1 aromatic heterocycles. The summed E-state index contributed by atoms with van der Waals surface area (Å²) in [7, 11) is 0. The monoisotopic (exact) mass is 396 g/mol. The van der Waals surface area contributed by atoms with E-state index in [0.717, 1.165) is 50.5 Å². The van der Waals surface area contributed by atoms with Gasteiger partial charge in [-0.05, 0) is 36.6 Å². The first-order chi connectivity index (χ1) is 13.8. The zero-order valence-corrected chi connectivity index (χ0v) is 17.0. The summed E-state index contributed by atoms with van der Waals surface area (Å²) in [6, 6.07) is 14.6. The van der Waals surface area contributed by atoms with Crippen molar-refractivity contribution >= 4 is 17.7 Å². The molecule has 5 nitrogen and oxygen atoms in total. The predicted molar refractivity (Wildman–Crippen MR) is 114 cm³/mol. The summed E-state index contributed by atoms with van der Waals surface area (Å²) in [4.78, 5) is 21.6. The molecule has 0 saturated carbocycles. The molecular weight excluding hydrogens is 368 g/mol. The second kappa shape index (κ2) is 9.54. The van der Waals surface area contributed by atoms with Crippen molar-refractivity contribution in [3.63, 3.8) is 0 Å². The minimum atomic E-state index is -0.0835. The maximum Gasteiger partial charge on any atom is 0.240 e. The maximum absolute atomic E-state index is 12.9. The van der Waals surface area contributed by atoms with Gasteiger partial charge in [0, 0.05) is 44.3 Å². The number of thioether (sulfide) groups is 1. The summed E-state index contributed by atoms with van der Waals surface area (Å²) in [6.07, 6.45) is 5.96. The van der Waals surface area contributed by atoms with Crippen LogP contribution in [-0.4, -0.2) is 65.2 Å². The molecule has 2 aliphatic rings. The van der Waals surface area contributed by atoms with Crippen molar-refractivity contribution in [2.75, 3.05) is 38.5 Å². The highest BCUT2D eigenvalue weighted by Crippen LogP contribution is 2.32. The maximum atomic E-state index is 12.9. The third kappa shape index (κ3) is 4.93. The molecular formula is C22H28N4OS. The lowest BCUT2D eigenvalue weighted by Gasteiger charge is -2.36. The minimum absolute atomic E-state index is 0.0835. The van der Waals surface area contributed by atoms with Crippen LogP contribution in [0, 0.1) is 0 Å². The molecule has 6 heteroatoms. The molecule has 2 aromatic rings. The lowest BCUT2D eigenvalue weighted by Crippen LogP contribution is -2.53. The van der Waals surface area contributed by atoms with Gasteiger partial charge in [-0.3, -0.25) is 20.0 Å². The number of amides is 1. The van der Waals surface area contributed by atoms with Crippen molar-refractivity contribution in [2.45, 2.75) is 24.3 Å². The van der Waals surface area contributed by atoms with Crippen molar-refractivity contribution in [3.05, 3.63) is 66.0 Å². The lowest BCUT2D eigenvalue weighted by molar-refractivity contribution is -0.134. The molecule has 2 saturated heterocycles. The van der Waals surface area contributed by atoms with Gasteiger partial charge in [0.15, 0.2) is 0 Å². The number of pyridine rings is 1. The summed E-state index contributed by atoms with van der Waals surface area (Å²) < 4.78 is 0. The predicted octanol–water partition coefficient (Wildman–Crippen LogP) is 2.56. The Hall–Kier alpha value is -1.89. The number of hydrogen-bond acceptors (Lipinski definition) is 5. The van der Waals surface area contributed by atoms with E-state index in [-0.39, 0.29) is 17.3 Å². The van der Waals surface area contributed by atoms with E-state index in [1.165, 1.54) is 12.0 Å². The molecule has 0 spiro atoms. The van der Waals surface area contributed by atoms with Crippen LogP contribution in [0.25, 0.3) is 0 Å². The molecule has 0 bridgehead atoms. The van der Waals surface area contributed by atoms with Gasteiger partial charge in [0.1, 0.15) is 0 Å². The number of hydrogen-bond donors (Lipinski definition) is 1. The molecule has 4 rings (SSSR count). The Balaban J connectivity index is 1.19. The summed E-state index contributed by atoms with van der Waals surface area (Å²) >= 11 is 1.80. The fourth-order valence-electron chi connectivity index (χ4n) is 3.90. The van der Waals surface area contributed by atoms with Gasteiger partial charge < -0.3 is 4.90 Å². The van der Waals surface area contributed by atoms with E-state index in [9.17, 15) is 4.79 Å². The lowest BCUT2D eigenvalue weighted by atomic mass is 10.1. The van der Waals surface area contributed by atoms with E-state index >= 15 is 0 Å². The van der Waals surface area contributed by atoms with Crippen LogP contribution in [0.3, 0.4) is 0 Å². The summed E-state index contributed by atoms with van der Waals surface area (Å²) in [5, 5.41) is 3.65. The van der Waals surface area contributed by atoms with E-state index in [0.29, 0.717) is 0 Å². The number of rotatable bonds is 6. The Morgan fingerprint density at radius 3 is 2.68 bits per heavy atom. The molecule has 1 N–H and O–H groups in total. The van der Waals surface area contributed by atoms with Crippen LogP contribution in [0.4, 0.5) is 0 Å². The topological polar surface area (TPSA) is 48.5 Å². The van der Waals surface area contributed by atoms with Crippen molar-refractivity contribution < 1.29 is 4.79 Å². The van der Waals surface area contributed by atoms with Gasteiger partial charge in [0.25, 0.3) is 0 Å². The van der Waals surface area contributed by atoms with E-state index < -0.39 is 0 Å². The van der Waals surface area contributed by atoms with Gasteiger partial charge in [0.05, 0.1) is 11.4 Å². The van der Waals surface area contributed by atoms with Crippen molar-refractivity contribution in [2.24, 2.45) is 0 Å². The van der Waals surface area contributed by atoms with Gasteiger partial charge >= 0.3 is 0 Å². The Bertz CT molecular complexity index is 750. The quantitative estimate of drug-likeness (QED) is 0.813. The van der Waals surface area contributed by atoms with E-state index in [2.05, 4.69) is 51.6 Å². The van der Waals surface area contributed by atoms with Crippen LogP contribution in [-0.2, 0) is 11.2 Å². The summed E-state index contributed by atoms with van der Waals surface area (Å²) in [5.41, 5.74) is 2.55. The van der Waals surface area contributed by atoms with Crippen LogP contribution in [0.5, 0.6) is 0 Å². The first-order valence-corrected chi connectivity index (χ1v) is 11.2. The number of nitrogens with one attached hydrogen (secondary N) is 1. The number of carbonyl (C=O) groups is 1. The summed E-state index contributed by atoms with van der Waals surface area (Å²) in [6.45, 7) is 4.74. The van der Waals surface area contributed by atoms with E-state index in [1.54, 1.807) is 18.0 Å². The third-order valence-electron chi connectivity index (χ3n) is 5.53. The number of carbonyl (C=O) groups excluding carboxylic acids is 1. The van der Waals surface area contributed by atoms with Crippen LogP contribution >= 0.6 is 11.8 Å². The Morgan fingerprint density at radius 1 is 1.11 bits per heavy atom. The first-order valence-electron chi connectivity index (χ1n) is 10.1. The van der Waals surface area contributed by atoms with Gasteiger partial charge in [0.2, 0.25) is 5.91 Å². The van der Waals surface area contributed by atoms with Crippen molar-refractivity contribution in [1.29, 1.82) is 0 Å². The molecule has 0 radical (unpaired) electrons. The van der Waals surface area contributed by atoms with Crippen molar-refractivity contribution in [3.8, 4) is 0 Å². The van der Waals surface area contributed by atoms with Crippen LogP contribution in [0.1, 0.15) is 22.9 Å². The van der Waals surface area contributed by atoms with Crippen LogP contribution < -0.4 is 5.32 Å². The molecule has 1 amide bonds. The fourth-order valence-corrected chi connectivity index (χ4v) is 5.12. The van der Waals surface area contributed by atoms with Crippen molar-refractivity contribution in [1.82, 2.24) is 20.1 Å². The second-order valence-corrected chi connectivity index (χ2v) is 8.61. The molecule has 28 heavy (non-hydrogen) atoms. The third-order valence-corrected chi connectivity index (χ3v) is 6.80. The Kier molecular flexibility index (Phi) is 6.62. The van der Waals surface area contributed by atoms with Crippen LogP contribution in [0.2, 0.25) is 0 Å². The van der Waals surface area contributed by atoms with Gasteiger partial charge in [-0.15, -0.1) is 11.8 Å². The van der Waals surface area contributed by atoms with E-state index in [1.807, 2.05) is 17.2 Å². The Morgan fingerprint density at radius 2 is 1.93 bits per heavy atom. The number of aryl methyl sites for hydroxylation is 1. The molecule has 148 valence electrons. The molecule has 1 unspecified atom stereocenters. The normalized spacial score (nSPS) is 23.1. The second-order valence-electron chi connectivity index (χ2n) is 7.48. The average Bonchev–Trinajstić information content (AvgIpc) is 3.25. The smallest absolute Gasteiger partial charge is 0.240 e. The van der Waals surface area contributed by atoms with Crippen LogP contribution in [0.15, 0.2) is 54.9 Å². The first kappa shape index (κ1) is 19.4. The molecule has 1 aromatic carbocycles. The highest BCUT2D eigenvalue weighted by Gasteiger charge is 2.34. The zero-order valence-electron chi connectivity index (χ0n) is 16.2. The van der Waals surface area contributed by atoms with Gasteiger partial charge in [-0.1, -0.05) is 36.4 Å². The SMILES string of the molecule is O=C([C@H]1CSC(c2cccnc2)N1)N1CCN(CCCc2ccccc2)CC1. The molecule has 2 fully saturated rings. The highest BCUT2D eigenvalue weighted by atomic mass is 32.2. The minimum Gasteiger partial charge on any atom is -0.339 e. The fraction of sp³-hybridized carbons (Fsp3) is 0.455. The van der Waals surface area contributed by atoms with E-state index in [4.69, 9.17) is 0 Å². The molecule has 3 heterocycles. The number of aromatic nitrogens is 1. The number of nitrogens with zero attached hydrogens (tertiary/aromatic N) is 3. The molecule has 0 aliphatic carbocycles. The largest absolute Gasteiger partial charge is 0.339 e. The standard InChI is InChI=1S/C22H28N4OS/c27-22(20-17-28-21(24-20)19-9-4-10-23-16-19)26-14-12-25(13-15-26)11-5-8-18-6-2-1-3-7-18/h1-4,6-7,9-10,16,20-21,24H,5,8,11-15,17H2/t20-,21?/m1/s1. The number of benzene rings is 1. The Labute approximate surface area is 171 Å². The van der Waals surface area contributed by atoms with Gasteiger partial charge in [-0.25, -0.2) is 0 Å². The zero-order chi connectivity index (χ0) is 19.2. The molecule has 2 atom stereocenters.